The summed E-state index contributed by atoms with van der Waals surface area (Å²) >= 11 is 12.1. The van der Waals surface area contributed by atoms with Crippen molar-refractivity contribution < 1.29 is 23.7 Å². The van der Waals surface area contributed by atoms with Crippen LogP contribution in [0.25, 0.3) is 0 Å². The lowest BCUT2D eigenvalue weighted by atomic mass is 9.71. The third kappa shape index (κ3) is 3.77. The van der Waals surface area contributed by atoms with Gasteiger partial charge < -0.3 is 16.8 Å². The molecule has 0 atom stereocenters. The summed E-state index contributed by atoms with van der Waals surface area (Å²) < 4.78 is 15.7. The van der Waals surface area contributed by atoms with Crippen molar-refractivity contribution in [1.82, 2.24) is 12.3 Å². The molecule has 1 aliphatic carbocycles. The summed E-state index contributed by atoms with van der Waals surface area (Å²) in [5.74, 6) is -0.479. The summed E-state index contributed by atoms with van der Waals surface area (Å²) in [5, 5.41) is -0.0265. The molecule has 0 spiro atoms. The topological polar surface area (TPSA) is 166 Å². The van der Waals surface area contributed by atoms with Crippen LogP contribution in [-0.2, 0) is 14.8 Å². The maximum Gasteiger partial charge on any atom is 0.524 e. The molecule has 2 aliphatic rings. The summed E-state index contributed by atoms with van der Waals surface area (Å²) in [4.78, 5) is 34.4. The van der Waals surface area contributed by atoms with Gasteiger partial charge in [-0.05, 0) is 29.8 Å². The lowest BCUT2D eigenvalue weighted by Gasteiger charge is -2.36. The van der Waals surface area contributed by atoms with Crippen LogP contribution in [0.5, 0.6) is 5.75 Å². The van der Waals surface area contributed by atoms with Crippen molar-refractivity contribution in [2.75, 3.05) is 0 Å². The second-order valence-corrected chi connectivity index (χ2v) is 7.84. The third-order valence-corrected chi connectivity index (χ3v) is 4.98. The number of rotatable bonds is 2. The average Bonchev–Trinajstić information content (AvgIpc) is 2.43. The normalized spacial score (nSPS) is 17.8. The second-order valence-electron chi connectivity index (χ2n) is 5.89. The van der Waals surface area contributed by atoms with Gasteiger partial charge in [-0.25, -0.2) is 9.56 Å². The van der Waals surface area contributed by atoms with Crippen molar-refractivity contribution in [2.45, 2.75) is 19.3 Å². The summed E-state index contributed by atoms with van der Waals surface area (Å²) in [7, 11) is -4.68. The highest BCUT2D eigenvalue weighted by Crippen LogP contribution is 2.49. The second kappa shape index (κ2) is 7.25. The molecule has 11 heteroatoms. The van der Waals surface area contributed by atoms with Gasteiger partial charge in [0, 0.05) is 11.0 Å². The van der Waals surface area contributed by atoms with Crippen molar-refractivity contribution in [2.24, 2.45) is 4.99 Å². The van der Waals surface area contributed by atoms with Gasteiger partial charge in [-0.1, -0.05) is 37.0 Å². The zero-order chi connectivity index (χ0) is 17.9. The molecule has 142 valence electrons. The van der Waals surface area contributed by atoms with Crippen LogP contribution in [-0.4, -0.2) is 21.3 Å². The van der Waals surface area contributed by atoms with Crippen LogP contribution in [0.1, 0.15) is 19.4 Å². The number of allylic oxidation sites excluding steroid dienone is 4. The molecule has 0 radical (unpaired) electrons. The molecule has 0 bridgehead atoms. The Hall–Kier alpha value is -1.51. The SMILES string of the molecule is CC1(C)C2=C(Cl)C(=O)C(Cl)=CC2=Nc2ccc(OP(=O)(O)O)cc21.N.N. The molecule has 8 N–H and O–H groups in total. The van der Waals surface area contributed by atoms with E-state index in [0.717, 1.165) is 0 Å². The quantitative estimate of drug-likeness (QED) is 0.412. The number of nitrogens with zero attached hydrogens (tertiary/aromatic N) is 1. The molecule has 1 aliphatic heterocycles. The van der Waals surface area contributed by atoms with Gasteiger partial charge in [0.05, 0.1) is 21.5 Å². The van der Waals surface area contributed by atoms with E-state index in [1.54, 1.807) is 6.07 Å². The first-order valence-electron chi connectivity index (χ1n) is 6.81. The molecule has 1 aromatic rings. The molecular formula is C15H18Cl2N3O5P. The highest BCUT2D eigenvalue weighted by Gasteiger charge is 2.40. The Morgan fingerprint density at radius 3 is 2.38 bits per heavy atom. The number of phosphoric ester groups is 1. The van der Waals surface area contributed by atoms with Crippen LogP contribution in [0.4, 0.5) is 5.69 Å². The van der Waals surface area contributed by atoms with E-state index in [4.69, 9.17) is 33.0 Å². The van der Waals surface area contributed by atoms with Crippen molar-refractivity contribution in [1.29, 1.82) is 0 Å². The summed E-state index contributed by atoms with van der Waals surface area (Å²) in [6.45, 7) is 3.67. The van der Waals surface area contributed by atoms with E-state index in [2.05, 4.69) is 9.52 Å². The Morgan fingerprint density at radius 2 is 1.81 bits per heavy atom. The molecule has 26 heavy (non-hydrogen) atoms. The van der Waals surface area contributed by atoms with E-state index in [-0.39, 0.29) is 28.1 Å². The number of hydrogen-bond acceptors (Lipinski definition) is 6. The van der Waals surface area contributed by atoms with Crippen LogP contribution in [0, 0.1) is 0 Å². The monoisotopic (exact) mass is 421 g/mol. The van der Waals surface area contributed by atoms with Gasteiger partial charge >= 0.3 is 7.82 Å². The predicted molar refractivity (Wildman–Crippen MR) is 101 cm³/mol. The maximum absolute atomic E-state index is 12.1. The first-order valence-corrected chi connectivity index (χ1v) is 9.10. The molecule has 3 rings (SSSR count). The number of phosphoric acid groups is 1. The Bertz CT molecular complexity index is 918. The number of carbonyl (C=O) groups is 1. The minimum absolute atomic E-state index is 0. The molecule has 8 nitrogen and oxygen atoms in total. The largest absolute Gasteiger partial charge is 0.524 e. The Kier molecular flexibility index (Phi) is 6.28. The summed E-state index contributed by atoms with van der Waals surface area (Å²) in [6.07, 6.45) is 1.47. The number of fused-ring (bicyclic) bond motifs is 2. The Morgan fingerprint density at radius 1 is 1.19 bits per heavy atom. The smallest absolute Gasteiger partial charge is 0.404 e. The zero-order valence-corrected chi connectivity index (χ0v) is 16.4. The van der Waals surface area contributed by atoms with E-state index in [1.807, 2.05) is 13.8 Å². The van der Waals surface area contributed by atoms with Gasteiger partial charge in [-0.2, -0.15) is 0 Å². The van der Waals surface area contributed by atoms with Crippen molar-refractivity contribution in [3.8, 4) is 5.75 Å². The van der Waals surface area contributed by atoms with Crippen LogP contribution in [0.15, 0.2) is 44.9 Å². The fourth-order valence-corrected chi connectivity index (χ4v) is 3.91. The van der Waals surface area contributed by atoms with E-state index in [0.29, 0.717) is 22.5 Å². The van der Waals surface area contributed by atoms with Crippen molar-refractivity contribution in [3.63, 3.8) is 0 Å². The van der Waals surface area contributed by atoms with Crippen molar-refractivity contribution >= 4 is 48.2 Å². The van der Waals surface area contributed by atoms with E-state index in [9.17, 15) is 9.36 Å². The fraction of sp³-hybridized carbons (Fsp3) is 0.200. The van der Waals surface area contributed by atoms with E-state index in [1.165, 1.54) is 18.2 Å². The van der Waals surface area contributed by atoms with Gasteiger partial charge in [0.1, 0.15) is 5.75 Å². The van der Waals surface area contributed by atoms with Gasteiger partial charge in [0.15, 0.2) is 0 Å². The first-order chi connectivity index (χ1) is 11.0. The number of halogens is 2. The van der Waals surface area contributed by atoms with Gasteiger partial charge in [0.25, 0.3) is 0 Å². The van der Waals surface area contributed by atoms with Crippen LogP contribution in [0.2, 0.25) is 0 Å². The van der Waals surface area contributed by atoms with Crippen LogP contribution >= 0.6 is 31.0 Å². The number of hydrogen-bond donors (Lipinski definition) is 4. The lowest BCUT2D eigenvalue weighted by Crippen LogP contribution is -2.32. The summed E-state index contributed by atoms with van der Waals surface area (Å²) in [5.41, 5.74) is 1.48. The standard InChI is InChI=1S/C15H12Cl2NO5P.2H3N/c1-15(2)8-5-7(23-24(20,21)22)3-4-10(8)18-11-6-9(16)14(19)13(17)12(11)15;;/h3-6H,1-2H3,(H2,20,21,22);2*1H3. The molecule has 0 amide bonds. The van der Waals surface area contributed by atoms with Crippen LogP contribution < -0.4 is 16.8 Å². The highest BCUT2D eigenvalue weighted by molar-refractivity contribution is 7.46. The van der Waals surface area contributed by atoms with Crippen LogP contribution in [0.3, 0.4) is 0 Å². The Labute approximate surface area is 160 Å². The molecule has 0 saturated carbocycles. The number of ketones is 1. The zero-order valence-electron chi connectivity index (χ0n) is 14.0. The highest BCUT2D eigenvalue weighted by atomic mass is 35.5. The molecule has 0 unspecified atom stereocenters. The van der Waals surface area contributed by atoms with Gasteiger partial charge in [-0.15, -0.1) is 0 Å². The molecular weight excluding hydrogens is 404 g/mol. The average molecular weight is 422 g/mol. The third-order valence-electron chi connectivity index (χ3n) is 3.89. The number of Topliss-reactive ketones (excluding diaryl/α,β-unsaturated/α-hetero) is 1. The van der Waals surface area contributed by atoms with Crippen molar-refractivity contribution in [3.05, 3.63) is 45.5 Å². The minimum atomic E-state index is -4.68. The number of carbonyl (C=O) groups excluding carboxylic acids is 1. The predicted octanol–water partition coefficient (Wildman–Crippen LogP) is 4.04. The van der Waals surface area contributed by atoms with E-state index >= 15 is 0 Å². The number of aliphatic imine (C=N–C) groups is 1. The molecule has 1 aromatic carbocycles. The number of benzene rings is 1. The maximum atomic E-state index is 12.1. The van der Waals surface area contributed by atoms with Gasteiger partial charge in [0.2, 0.25) is 5.78 Å². The molecule has 0 aromatic heterocycles. The van der Waals surface area contributed by atoms with Gasteiger partial charge in [-0.3, -0.25) is 14.6 Å². The van der Waals surface area contributed by atoms with E-state index < -0.39 is 19.0 Å². The summed E-state index contributed by atoms with van der Waals surface area (Å²) in [6, 6.07) is 4.47. The molecule has 0 saturated heterocycles. The molecule has 0 fully saturated rings. The minimum Gasteiger partial charge on any atom is -0.404 e. The Balaban J connectivity index is 0.00000169. The fourth-order valence-electron chi connectivity index (χ4n) is 2.84. The first kappa shape index (κ1) is 22.5. The lowest BCUT2D eigenvalue weighted by molar-refractivity contribution is -0.111. The molecule has 1 heterocycles.